The Labute approximate surface area is 120 Å². The molecular formula is C12H15N3O6. The van der Waals surface area contributed by atoms with Gasteiger partial charge in [-0.15, -0.1) is 0 Å². The summed E-state index contributed by atoms with van der Waals surface area (Å²) in [6.45, 7) is 3.55. The van der Waals surface area contributed by atoms with E-state index in [0.29, 0.717) is 6.42 Å². The lowest BCUT2D eigenvalue weighted by atomic mass is 9.96. The second kappa shape index (κ2) is 6.64. The van der Waals surface area contributed by atoms with Crippen molar-refractivity contribution in [3.05, 3.63) is 37.9 Å². The van der Waals surface area contributed by atoms with E-state index in [2.05, 4.69) is 5.32 Å². The topological polar surface area (TPSA) is 125 Å². The summed E-state index contributed by atoms with van der Waals surface area (Å²) in [5, 5.41) is 24.2. The zero-order chi connectivity index (χ0) is 16.2. The molecule has 0 aliphatic rings. The molecular weight excluding hydrogens is 282 g/mol. The molecule has 1 unspecified atom stereocenters. The van der Waals surface area contributed by atoms with Crippen LogP contribution in [-0.4, -0.2) is 23.0 Å². The number of hydrogen-bond donors (Lipinski definition) is 1. The highest BCUT2D eigenvalue weighted by molar-refractivity contribution is 5.73. The van der Waals surface area contributed by atoms with Crippen LogP contribution in [0.1, 0.15) is 31.7 Å². The minimum absolute atomic E-state index is 0.247. The first-order valence-corrected chi connectivity index (χ1v) is 6.18. The Hall–Kier alpha value is -2.71. The molecule has 1 rings (SSSR count). The van der Waals surface area contributed by atoms with Crippen LogP contribution in [-0.2, 0) is 0 Å². The summed E-state index contributed by atoms with van der Waals surface area (Å²) in [5.41, 5.74) is -0.772. The molecule has 114 valence electrons. The zero-order valence-corrected chi connectivity index (χ0v) is 11.8. The fourth-order valence-corrected chi connectivity index (χ4v) is 1.70. The number of amides is 1. The van der Waals surface area contributed by atoms with Gasteiger partial charge < -0.3 is 10.1 Å². The van der Waals surface area contributed by atoms with Gasteiger partial charge >= 0.3 is 11.8 Å². The molecule has 0 aromatic heterocycles. The smallest absolute Gasteiger partial charge is 0.403 e. The van der Waals surface area contributed by atoms with Gasteiger partial charge in [-0.3, -0.25) is 20.2 Å². The standard InChI is InChI=1S/C12H15N3O6/c1-4-7(2)9-5-8(14(17)18)6-10(15(19)20)11(9)21-12(16)13-3/h5-7H,4H2,1-3H3,(H,13,16). The van der Waals surface area contributed by atoms with E-state index >= 15 is 0 Å². The summed E-state index contributed by atoms with van der Waals surface area (Å²) < 4.78 is 4.93. The largest absolute Gasteiger partial charge is 0.412 e. The molecule has 0 saturated carbocycles. The lowest BCUT2D eigenvalue weighted by Crippen LogP contribution is -2.23. The van der Waals surface area contributed by atoms with Crippen molar-refractivity contribution in [3.63, 3.8) is 0 Å². The van der Waals surface area contributed by atoms with Gasteiger partial charge in [-0.05, 0) is 12.3 Å². The summed E-state index contributed by atoms with van der Waals surface area (Å²) in [5.74, 6) is -0.512. The van der Waals surface area contributed by atoms with Crippen molar-refractivity contribution < 1.29 is 19.4 Å². The first-order valence-electron chi connectivity index (χ1n) is 6.18. The van der Waals surface area contributed by atoms with Crippen molar-refractivity contribution >= 4 is 17.5 Å². The molecule has 1 amide bonds. The van der Waals surface area contributed by atoms with Crippen LogP contribution in [0.4, 0.5) is 16.2 Å². The van der Waals surface area contributed by atoms with Gasteiger partial charge in [0.2, 0.25) is 5.75 Å². The molecule has 9 heteroatoms. The van der Waals surface area contributed by atoms with E-state index in [-0.39, 0.29) is 17.2 Å². The van der Waals surface area contributed by atoms with Crippen molar-refractivity contribution in [1.29, 1.82) is 0 Å². The van der Waals surface area contributed by atoms with Gasteiger partial charge in [0.15, 0.2) is 0 Å². The second-order valence-corrected chi connectivity index (χ2v) is 4.35. The van der Waals surface area contributed by atoms with Crippen molar-refractivity contribution in [1.82, 2.24) is 5.32 Å². The van der Waals surface area contributed by atoms with E-state index in [9.17, 15) is 25.0 Å². The maximum atomic E-state index is 11.3. The number of non-ortho nitro benzene ring substituents is 1. The maximum Gasteiger partial charge on any atom is 0.412 e. The summed E-state index contributed by atoms with van der Waals surface area (Å²) in [7, 11) is 1.31. The first-order chi connectivity index (χ1) is 9.81. The summed E-state index contributed by atoms with van der Waals surface area (Å²) in [6, 6.07) is 1.98. The SMILES string of the molecule is CCC(C)c1cc([N+](=O)[O-])cc([N+](=O)[O-])c1OC(=O)NC. The highest BCUT2D eigenvalue weighted by atomic mass is 16.6. The molecule has 0 fully saturated rings. The Bertz CT molecular complexity index is 587. The lowest BCUT2D eigenvalue weighted by molar-refractivity contribution is -0.394. The van der Waals surface area contributed by atoms with Crippen molar-refractivity contribution in [2.75, 3.05) is 7.05 Å². The third-order valence-electron chi connectivity index (χ3n) is 3.03. The van der Waals surface area contributed by atoms with Crippen LogP contribution in [0.25, 0.3) is 0 Å². The number of hydrogen-bond acceptors (Lipinski definition) is 6. The van der Waals surface area contributed by atoms with Gasteiger partial charge in [-0.2, -0.15) is 0 Å². The van der Waals surface area contributed by atoms with Crippen LogP contribution in [0.2, 0.25) is 0 Å². The van der Waals surface area contributed by atoms with Gasteiger partial charge in [0, 0.05) is 18.7 Å². The minimum atomic E-state index is -0.878. The van der Waals surface area contributed by atoms with Crippen LogP contribution in [0.15, 0.2) is 12.1 Å². The highest BCUT2D eigenvalue weighted by Crippen LogP contribution is 2.40. The molecule has 0 radical (unpaired) electrons. The molecule has 0 aliphatic heterocycles. The lowest BCUT2D eigenvalue weighted by Gasteiger charge is -2.14. The van der Waals surface area contributed by atoms with E-state index in [1.54, 1.807) is 6.92 Å². The minimum Gasteiger partial charge on any atom is -0.403 e. The quantitative estimate of drug-likeness (QED) is 0.658. The molecule has 0 saturated heterocycles. The Balaban J connectivity index is 3.57. The summed E-state index contributed by atoms with van der Waals surface area (Å²) in [4.78, 5) is 31.8. The fraction of sp³-hybridized carbons (Fsp3) is 0.417. The number of ether oxygens (including phenoxy) is 1. The second-order valence-electron chi connectivity index (χ2n) is 4.35. The molecule has 1 N–H and O–H groups in total. The van der Waals surface area contributed by atoms with Crippen LogP contribution in [0.3, 0.4) is 0 Å². The average molecular weight is 297 g/mol. The van der Waals surface area contributed by atoms with Gasteiger partial charge in [-0.1, -0.05) is 13.8 Å². The number of carbonyl (C=O) groups is 1. The van der Waals surface area contributed by atoms with Crippen LogP contribution in [0.5, 0.6) is 5.75 Å². The number of nitro benzene ring substituents is 2. The maximum absolute atomic E-state index is 11.3. The zero-order valence-electron chi connectivity index (χ0n) is 11.8. The molecule has 0 bridgehead atoms. The molecule has 21 heavy (non-hydrogen) atoms. The monoisotopic (exact) mass is 297 g/mol. The Kier molecular flexibility index (Phi) is 5.17. The normalized spacial score (nSPS) is 11.6. The van der Waals surface area contributed by atoms with Crippen molar-refractivity contribution in [3.8, 4) is 5.75 Å². The fourth-order valence-electron chi connectivity index (χ4n) is 1.70. The van der Waals surface area contributed by atoms with Gasteiger partial charge in [-0.25, -0.2) is 4.79 Å². The predicted octanol–water partition coefficient (Wildman–Crippen LogP) is 2.73. The van der Waals surface area contributed by atoms with Crippen LogP contribution in [0, 0.1) is 20.2 Å². The third kappa shape index (κ3) is 3.65. The molecule has 1 aromatic rings. The van der Waals surface area contributed by atoms with E-state index in [1.807, 2.05) is 6.92 Å². The Morgan fingerprint density at radius 2 is 1.95 bits per heavy atom. The van der Waals surface area contributed by atoms with Gasteiger partial charge in [0.1, 0.15) is 0 Å². The van der Waals surface area contributed by atoms with Crippen molar-refractivity contribution in [2.45, 2.75) is 26.2 Å². The van der Waals surface area contributed by atoms with E-state index < -0.39 is 27.3 Å². The summed E-state index contributed by atoms with van der Waals surface area (Å²) >= 11 is 0. The van der Waals surface area contributed by atoms with Crippen molar-refractivity contribution in [2.24, 2.45) is 0 Å². The number of nitro groups is 2. The van der Waals surface area contributed by atoms with E-state index in [0.717, 1.165) is 6.07 Å². The highest BCUT2D eigenvalue weighted by Gasteiger charge is 2.28. The first kappa shape index (κ1) is 16.3. The van der Waals surface area contributed by atoms with Gasteiger partial charge in [0.25, 0.3) is 5.69 Å². The molecule has 0 aliphatic carbocycles. The average Bonchev–Trinajstić information content (AvgIpc) is 2.45. The predicted molar refractivity (Wildman–Crippen MR) is 73.5 cm³/mol. The number of nitrogens with zero attached hydrogens (tertiary/aromatic N) is 2. The summed E-state index contributed by atoms with van der Waals surface area (Å²) in [6.07, 6.45) is -0.306. The van der Waals surface area contributed by atoms with E-state index in [4.69, 9.17) is 4.74 Å². The van der Waals surface area contributed by atoms with Crippen LogP contribution >= 0.6 is 0 Å². The van der Waals surface area contributed by atoms with Gasteiger partial charge in [0.05, 0.1) is 15.9 Å². The van der Waals surface area contributed by atoms with Crippen LogP contribution < -0.4 is 10.1 Å². The number of benzene rings is 1. The molecule has 0 spiro atoms. The number of nitrogens with one attached hydrogen (secondary N) is 1. The Morgan fingerprint density at radius 1 is 1.33 bits per heavy atom. The number of rotatable bonds is 5. The number of carbonyl (C=O) groups excluding carboxylic acids is 1. The molecule has 1 atom stereocenters. The Morgan fingerprint density at radius 3 is 2.38 bits per heavy atom. The molecule has 9 nitrogen and oxygen atoms in total. The molecule has 1 aromatic carbocycles. The third-order valence-corrected chi connectivity index (χ3v) is 3.03. The van der Waals surface area contributed by atoms with E-state index in [1.165, 1.54) is 13.1 Å². The molecule has 0 heterocycles.